The van der Waals surface area contributed by atoms with Crippen LogP contribution in [0.15, 0.2) is 12.1 Å². The second-order valence-electron chi connectivity index (χ2n) is 4.09. The second-order valence-corrected chi connectivity index (χ2v) is 4.09. The van der Waals surface area contributed by atoms with E-state index in [9.17, 15) is 8.78 Å². The van der Waals surface area contributed by atoms with Crippen LogP contribution in [0.1, 0.15) is 45.4 Å². The van der Waals surface area contributed by atoms with Crippen LogP contribution in [0.3, 0.4) is 0 Å². The van der Waals surface area contributed by atoms with E-state index in [1.54, 1.807) is 0 Å². The van der Waals surface area contributed by atoms with Gasteiger partial charge in [-0.2, -0.15) is 6.07 Å². The number of benzene rings is 1. The minimum absolute atomic E-state index is 0. The summed E-state index contributed by atoms with van der Waals surface area (Å²) in [6.07, 6.45) is 6.85. The summed E-state index contributed by atoms with van der Waals surface area (Å²) in [5.41, 5.74) is 0. The fourth-order valence-corrected chi connectivity index (χ4v) is 1.61. The molecule has 0 aliphatic carbocycles. The first-order valence-electron chi connectivity index (χ1n) is 6.24. The van der Waals surface area contributed by atoms with Gasteiger partial charge in [-0.15, -0.1) is 12.1 Å². The van der Waals surface area contributed by atoms with Gasteiger partial charge in [-0.3, -0.25) is 4.39 Å². The third-order valence-corrected chi connectivity index (χ3v) is 2.61. The van der Waals surface area contributed by atoms with E-state index in [1.807, 2.05) is 0 Å². The maximum Gasteiger partial charge on any atom is 1.00 e. The summed E-state index contributed by atoms with van der Waals surface area (Å²) in [5, 5.41) is 0. The Morgan fingerprint density at radius 1 is 1.11 bits per heavy atom. The molecular weight excluding hydrogens is 229 g/mol. The normalized spacial score (nSPS) is 9.94. The molecule has 1 rings (SSSR count). The molecule has 0 aromatic heterocycles. The molecule has 0 saturated heterocycles. The summed E-state index contributed by atoms with van der Waals surface area (Å²) in [6, 6.07) is 4.87. The van der Waals surface area contributed by atoms with Gasteiger partial charge >= 0.3 is 18.9 Å². The molecule has 0 bridgehead atoms. The van der Waals surface area contributed by atoms with Crippen LogP contribution in [0, 0.1) is 17.7 Å². The maximum absolute atomic E-state index is 13.1. The molecule has 1 nitrogen and oxygen atoms in total. The van der Waals surface area contributed by atoms with Crippen LogP contribution in [0.25, 0.3) is 0 Å². The molecule has 0 aliphatic heterocycles. The summed E-state index contributed by atoms with van der Waals surface area (Å²) in [5.74, 6) is -1.95. The molecule has 1 aromatic rings. The van der Waals surface area contributed by atoms with Crippen molar-refractivity contribution < 1.29 is 32.4 Å². The van der Waals surface area contributed by atoms with Crippen molar-refractivity contribution in [3.05, 3.63) is 29.8 Å². The van der Waals surface area contributed by atoms with Gasteiger partial charge in [-0.05, 0) is 6.42 Å². The zero-order valence-corrected chi connectivity index (χ0v) is 11.3. The maximum atomic E-state index is 13.1. The smallest absolute Gasteiger partial charge is 0.516 e. The molecule has 0 saturated carbocycles. The zero-order valence-electron chi connectivity index (χ0n) is 11.3. The van der Waals surface area contributed by atoms with Crippen molar-refractivity contribution in [2.75, 3.05) is 6.61 Å². The number of rotatable bonds is 8. The summed E-state index contributed by atoms with van der Waals surface area (Å²) in [7, 11) is 0. The molecule has 0 atom stereocenters. The van der Waals surface area contributed by atoms with Gasteiger partial charge in [-0.1, -0.05) is 39.0 Å². The Hall–Kier alpha value is -0.523. The molecule has 18 heavy (non-hydrogen) atoms. The van der Waals surface area contributed by atoms with Crippen LogP contribution in [0.5, 0.6) is 5.75 Å². The predicted molar refractivity (Wildman–Crippen MR) is 64.1 cm³/mol. The quantitative estimate of drug-likeness (QED) is 0.385. The topological polar surface area (TPSA) is 9.23 Å². The Kier molecular flexibility index (Phi) is 10.1. The third kappa shape index (κ3) is 6.42. The fourth-order valence-electron chi connectivity index (χ4n) is 1.61. The van der Waals surface area contributed by atoms with Gasteiger partial charge in [-0.25, -0.2) is 4.39 Å². The van der Waals surface area contributed by atoms with Crippen molar-refractivity contribution in [1.29, 1.82) is 0 Å². The van der Waals surface area contributed by atoms with Crippen molar-refractivity contribution in [1.82, 2.24) is 0 Å². The number of hydrogen-bond acceptors (Lipinski definition) is 1. The van der Waals surface area contributed by atoms with Gasteiger partial charge in [0.15, 0.2) is 0 Å². The van der Waals surface area contributed by atoms with E-state index in [1.165, 1.54) is 37.8 Å². The van der Waals surface area contributed by atoms with Gasteiger partial charge in [0.25, 0.3) is 0 Å². The minimum atomic E-state index is -0.981. The van der Waals surface area contributed by atoms with Crippen molar-refractivity contribution >= 4 is 0 Å². The number of unbranched alkanes of at least 4 members (excludes halogenated alkanes) is 5. The van der Waals surface area contributed by atoms with E-state index in [0.29, 0.717) is 6.61 Å². The van der Waals surface area contributed by atoms with Gasteiger partial charge in [0, 0.05) is 11.6 Å². The first-order chi connectivity index (χ1) is 8.25. The van der Waals surface area contributed by atoms with Crippen LogP contribution in [0.2, 0.25) is 0 Å². The Labute approximate surface area is 120 Å². The van der Waals surface area contributed by atoms with Crippen molar-refractivity contribution in [3.63, 3.8) is 0 Å². The van der Waals surface area contributed by atoms with Crippen LogP contribution in [0.4, 0.5) is 8.78 Å². The van der Waals surface area contributed by atoms with Crippen molar-refractivity contribution in [3.8, 4) is 5.75 Å². The molecule has 0 N–H and O–H groups in total. The fraction of sp³-hybridized carbons (Fsp3) is 0.571. The Morgan fingerprint density at radius 2 is 1.78 bits per heavy atom. The average Bonchev–Trinajstić information content (AvgIpc) is 2.33. The van der Waals surface area contributed by atoms with Crippen molar-refractivity contribution in [2.45, 2.75) is 45.4 Å². The molecule has 1 aromatic carbocycles. The Morgan fingerprint density at radius 3 is 2.50 bits per heavy atom. The van der Waals surface area contributed by atoms with Gasteiger partial charge in [0.1, 0.15) is 0 Å². The van der Waals surface area contributed by atoms with E-state index in [4.69, 9.17) is 4.74 Å². The minimum Gasteiger partial charge on any atom is -0.516 e. The van der Waals surface area contributed by atoms with Gasteiger partial charge in [0.2, 0.25) is 0 Å². The van der Waals surface area contributed by atoms with Crippen LogP contribution in [-0.2, 0) is 0 Å². The standard InChI is InChI=1S/C14H19F2O.Li/c1-2-3-4-5-6-7-11-17-13-10-8-9-12(15)14(13)16;/h8,10H,2-7,11H2,1H3;/q-1;+1. The number of halogens is 2. The first kappa shape index (κ1) is 17.5. The molecule has 96 valence electrons. The SMILES string of the molecule is CCCCCCCCOc1cc[c-]c(F)c1F.[Li+]. The predicted octanol–water partition coefficient (Wildman–Crippen LogP) is 1.51. The largest absolute Gasteiger partial charge is 1.00 e. The van der Waals surface area contributed by atoms with Crippen LogP contribution < -0.4 is 23.6 Å². The van der Waals surface area contributed by atoms with E-state index in [0.717, 1.165) is 12.8 Å². The second kappa shape index (κ2) is 10.4. The van der Waals surface area contributed by atoms with E-state index >= 15 is 0 Å². The monoisotopic (exact) mass is 248 g/mol. The number of hydrogen-bond donors (Lipinski definition) is 0. The molecule has 0 radical (unpaired) electrons. The summed E-state index contributed by atoms with van der Waals surface area (Å²) in [4.78, 5) is 0. The average molecular weight is 248 g/mol. The zero-order chi connectivity index (χ0) is 12.5. The third-order valence-electron chi connectivity index (χ3n) is 2.61. The molecule has 0 spiro atoms. The van der Waals surface area contributed by atoms with Gasteiger partial charge in [0.05, 0.1) is 12.4 Å². The molecule has 0 heterocycles. The van der Waals surface area contributed by atoms with E-state index in [-0.39, 0.29) is 24.6 Å². The van der Waals surface area contributed by atoms with E-state index in [2.05, 4.69) is 13.0 Å². The summed E-state index contributed by atoms with van der Waals surface area (Å²) in [6.45, 7) is 2.61. The molecule has 0 fully saturated rings. The number of ether oxygens (including phenoxy) is 1. The molecular formula is C14H19F2LiO. The Bertz CT molecular complexity index is 332. The summed E-state index contributed by atoms with van der Waals surface area (Å²) < 4.78 is 31.1. The van der Waals surface area contributed by atoms with Gasteiger partial charge < -0.3 is 4.74 Å². The molecule has 0 aliphatic rings. The van der Waals surface area contributed by atoms with Crippen molar-refractivity contribution in [2.24, 2.45) is 0 Å². The van der Waals surface area contributed by atoms with E-state index < -0.39 is 11.6 Å². The molecule has 0 amide bonds. The summed E-state index contributed by atoms with van der Waals surface area (Å²) >= 11 is 0. The van der Waals surface area contributed by atoms with Crippen LogP contribution >= 0.6 is 0 Å². The molecule has 0 unspecified atom stereocenters. The van der Waals surface area contributed by atoms with Crippen LogP contribution in [-0.4, -0.2) is 6.61 Å². The molecule has 4 heteroatoms. The Balaban J connectivity index is 0.00000289. The first-order valence-corrected chi connectivity index (χ1v) is 6.24.